The minimum absolute atomic E-state index is 0.202. The number of aliphatic hydroxyl groups is 1. The van der Waals surface area contributed by atoms with E-state index in [0.29, 0.717) is 52.0 Å². The van der Waals surface area contributed by atoms with E-state index >= 15 is 0 Å². The molecule has 12 atom stereocenters. The zero-order valence-corrected chi connectivity index (χ0v) is 57.4. The van der Waals surface area contributed by atoms with Gasteiger partial charge < -0.3 is 126 Å². The zero-order chi connectivity index (χ0) is 71.5. The Bertz CT molecular complexity index is 3280. The van der Waals surface area contributed by atoms with Gasteiger partial charge in [-0.1, -0.05) is 25.7 Å². The number of nitrogens with two attached hydrogens (primary N) is 3. The molecule has 2 aliphatic heterocycles. The van der Waals surface area contributed by atoms with Crippen molar-refractivity contribution in [1.82, 2.24) is 29.7 Å². The van der Waals surface area contributed by atoms with Crippen molar-refractivity contribution in [2.45, 2.75) is 114 Å². The van der Waals surface area contributed by atoms with Crippen molar-refractivity contribution >= 4 is 63.1 Å². The molecule has 2 aromatic heterocycles. The van der Waals surface area contributed by atoms with Crippen LogP contribution in [0.2, 0.25) is 0 Å². The van der Waals surface area contributed by atoms with Gasteiger partial charge in [0.25, 0.3) is 50.2 Å². The van der Waals surface area contributed by atoms with E-state index in [2.05, 4.69) is 29.2 Å². The number of nitrogens with zero attached hydrogens (tertiary/aromatic N) is 2. The molecule has 556 valence electrons. The summed E-state index contributed by atoms with van der Waals surface area (Å²) in [7, 11) is -25.3. The normalized spacial score (nSPS) is 21.7. The maximum absolute atomic E-state index is 13.1. The second-order valence-corrected chi connectivity index (χ2v) is 28.0. The van der Waals surface area contributed by atoms with Crippen molar-refractivity contribution in [3.05, 3.63) is 77.3 Å². The molecule has 97 heavy (non-hydrogen) atoms. The van der Waals surface area contributed by atoms with Crippen LogP contribution in [0.1, 0.15) is 94.2 Å². The largest absolute Gasteiger partial charge is 0.756 e. The molecule has 2 aromatic rings. The van der Waals surface area contributed by atoms with E-state index < -0.39 is 202 Å². The summed E-state index contributed by atoms with van der Waals surface area (Å²) >= 11 is 0. The second kappa shape index (κ2) is 44.4. The number of amides is 2. The molecule has 11 N–H and O–H groups in total. The Morgan fingerprint density at radius 2 is 0.938 bits per heavy atom. The topological polar surface area (TPSA) is 605 Å². The predicted octanol–water partition coefficient (Wildman–Crippen LogP) is -3.41. The van der Waals surface area contributed by atoms with E-state index in [4.69, 9.17) is 72.6 Å². The number of hydrogen-bond acceptors (Lipinski definition) is 35. The maximum atomic E-state index is 13.1. The van der Waals surface area contributed by atoms with Gasteiger partial charge in [-0.2, -0.15) is 0 Å². The number of aromatic nitrogens is 4. The maximum Gasteiger partial charge on any atom is 0.330 e. The molecule has 0 aliphatic carbocycles. The summed E-state index contributed by atoms with van der Waals surface area (Å²) in [5, 5.41) is 15.1. The predicted molar refractivity (Wildman–Crippen MR) is 327 cm³/mol. The van der Waals surface area contributed by atoms with Gasteiger partial charge >= 0.3 is 11.4 Å². The van der Waals surface area contributed by atoms with Crippen molar-refractivity contribution in [2.75, 3.05) is 126 Å². The van der Waals surface area contributed by atoms with E-state index in [-0.39, 0.29) is 24.3 Å². The molecule has 0 bridgehead atoms. The van der Waals surface area contributed by atoms with Gasteiger partial charge in [0, 0.05) is 64.2 Å². The number of ether oxygens (including phenoxy) is 5. The molecule has 0 aromatic carbocycles. The molecule has 41 nitrogen and oxygen atoms in total. The third kappa shape index (κ3) is 34.5. The van der Waals surface area contributed by atoms with Crippen LogP contribution in [0.25, 0.3) is 12.2 Å². The van der Waals surface area contributed by atoms with Gasteiger partial charge in [0.2, 0.25) is 11.8 Å². The summed E-state index contributed by atoms with van der Waals surface area (Å²) in [4.78, 5) is 144. The summed E-state index contributed by atoms with van der Waals surface area (Å²) in [6.45, 7) is -5.52. The Balaban J connectivity index is 1.33. The molecule has 46 heteroatoms. The van der Waals surface area contributed by atoms with Crippen LogP contribution in [0, 0.1) is 0 Å². The third-order valence-corrected chi connectivity index (χ3v) is 18.2. The van der Waals surface area contributed by atoms with Gasteiger partial charge in [-0.15, -0.1) is 0 Å². The lowest BCUT2D eigenvalue weighted by atomic mass is 10.2. The number of carbonyl (C=O) groups excluding carboxylic acids is 2. The lowest BCUT2D eigenvalue weighted by molar-refractivity contribution is -0.236. The summed E-state index contributed by atoms with van der Waals surface area (Å²) in [5.74, 6) is -1.13. The van der Waals surface area contributed by atoms with E-state index in [9.17, 15) is 81.2 Å². The number of H-pyrrole nitrogens is 2. The Kier molecular flexibility index (Phi) is 39.1. The standard InChI is InChI=1S/C51H90N9O32P5/c1-78-93(68,69)87-35-42-40(29-46(89-42)59-31-37(48(64)57-50(59)66)11-13-44(62)55-18-8-4-2-6-15-52)91-96(74,75)84-28-24-80-22-26-83-95(72,73)88-36-43-41(92-97(76,77)85-27-23-79-21-25-82-94(70,71)86-34-39(61)33-81-20-10-17-54)30-47(90-43)60-32-38(49(65)58-51(60)67)12-14-45(63)56-19-9-5-3-7-16-53/h11-14,31-32,39-43,46-47,61H,2-10,15-30,33-36,52-54H2,1H3,(H,55,62)(H,56,63)(H,68,69)(H,70,71)(H,72,73)(H,74,75)(H,76,77)(H,57,64,66)(H,58,65,67)/p-5/b13-11+,14-12+/t39?,40-,41-,42-,43-,46-,47-/m1/s1. The van der Waals surface area contributed by atoms with Gasteiger partial charge in [0.15, 0.2) is 0 Å². The number of hydrogen-bond donors (Lipinski definition) is 8. The van der Waals surface area contributed by atoms with Crippen LogP contribution in [0.3, 0.4) is 0 Å². The Morgan fingerprint density at radius 3 is 1.35 bits per heavy atom. The number of phosphoric acid groups is 5. The van der Waals surface area contributed by atoms with Gasteiger partial charge in [-0.25, -0.2) is 9.59 Å². The summed E-state index contributed by atoms with van der Waals surface area (Å²) in [6.07, 6.45) is 1.29. The summed E-state index contributed by atoms with van der Waals surface area (Å²) in [6, 6.07) is 0. The summed E-state index contributed by atoms with van der Waals surface area (Å²) in [5.41, 5.74) is 11.9. The smallest absolute Gasteiger partial charge is 0.330 e. The molecular weight excluding hydrogens is 1410 g/mol. The molecule has 0 radical (unpaired) electrons. The molecule has 0 saturated carbocycles. The highest BCUT2D eigenvalue weighted by Gasteiger charge is 2.42. The average Bonchev–Trinajstić information content (AvgIpc) is 1.67. The van der Waals surface area contributed by atoms with Crippen molar-refractivity contribution in [2.24, 2.45) is 17.2 Å². The lowest BCUT2D eigenvalue weighted by Gasteiger charge is -2.29. The Hall–Kier alpha value is -4.03. The fourth-order valence-electron chi connectivity index (χ4n) is 8.56. The zero-order valence-electron chi connectivity index (χ0n) is 53.0. The highest BCUT2D eigenvalue weighted by molar-refractivity contribution is 7.46. The van der Waals surface area contributed by atoms with Crippen molar-refractivity contribution in [3.8, 4) is 0 Å². The number of nitrogens with one attached hydrogen (secondary N) is 4. The third-order valence-electron chi connectivity index (χ3n) is 13.3. The number of aromatic amines is 2. The SMILES string of the molecule is COP(=O)([O-])OC[C@H]1O[C@@H](n2cc(/C=C/C(=O)NCCCCCCN)c(=O)[nH]c2=O)C[C@H]1OP(=O)([O-])OCCOCCOP(=O)([O-])OC[C@H]1O[C@@H](n2cc(/C=C/C(=O)NCCCCCCN)c(=O)[nH]c2=O)C[C@H]1OP(=O)([O-])OCCOCCOP(=O)([O-])OCC(O)COCCCN. The minimum Gasteiger partial charge on any atom is -0.756 e. The van der Waals surface area contributed by atoms with Crippen LogP contribution < -0.4 is 74.8 Å². The first-order valence-corrected chi connectivity index (χ1v) is 37.8. The van der Waals surface area contributed by atoms with Crippen molar-refractivity contribution in [1.29, 1.82) is 0 Å². The van der Waals surface area contributed by atoms with Crippen LogP contribution in [0.5, 0.6) is 0 Å². The highest BCUT2D eigenvalue weighted by Crippen LogP contribution is 2.48. The highest BCUT2D eigenvalue weighted by atomic mass is 31.2. The summed E-state index contributed by atoms with van der Waals surface area (Å²) < 4.78 is 140. The van der Waals surface area contributed by atoms with E-state index in [0.717, 1.165) is 91.5 Å². The number of unbranched alkanes of at least 4 members (excludes halogenated alkanes) is 6. The lowest BCUT2D eigenvalue weighted by Crippen LogP contribution is -2.33. The molecule has 2 aliphatic rings. The van der Waals surface area contributed by atoms with Gasteiger partial charge in [-0.05, 0) is 63.9 Å². The fourth-order valence-corrected chi connectivity index (χ4v) is 12.3. The first-order chi connectivity index (χ1) is 46.0. The second-order valence-electron chi connectivity index (χ2n) is 20.9. The van der Waals surface area contributed by atoms with Crippen molar-refractivity contribution in [3.63, 3.8) is 0 Å². The van der Waals surface area contributed by atoms with Gasteiger partial charge in [0.1, 0.15) is 30.8 Å². The van der Waals surface area contributed by atoms with E-state index in [1.165, 1.54) is 0 Å². The minimum atomic E-state index is -5.41. The molecule has 0 spiro atoms. The average molecular weight is 1490 g/mol. The van der Waals surface area contributed by atoms with E-state index in [1.807, 2.05) is 4.98 Å². The van der Waals surface area contributed by atoms with Crippen molar-refractivity contribution < 1.29 is 131 Å². The molecule has 2 saturated heterocycles. The van der Waals surface area contributed by atoms with Crippen LogP contribution in [0.15, 0.2) is 43.7 Å². The molecule has 2 amide bonds. The number of rotatable bonds is 53. The molecule has 4 rings (SSSR count). The number of phosphoric ester groups is 5. The van der Waals surface area contributed by atoms with Crippen LogP contribution in [0.4, 0.5) is 0 Å². The van der Waals surface area contributed by atoms with Crippen LogP contribution >= 0.6 is 39.1 Å². The Labute approximate surface area is 555 Å². The number of aliphatic hydroxyl groups excluding tert-OH is 1. The molecule has 2 fully saturated rings. The quantitative estimate of drug-likeness (QED) is 0.0182. The van der Waals surface area contributed by atoms with Crippen LogP contribution in [-0.2, 0) is 101 Å². The molecule has 6 unspecified atom stereocenters. The van der Waals surface area contributed by atoms with Crippen LogP contribution in [-0.4, -0.2) is 192 Å². The molecular formula is C51H85N9O32P5-5. The Morgan fingerprint density at radius 1 is 0.546 bits per heavy atom. The first-order valence-electron chi connectivity index (χ1n) is 30.5. The first kappa shape index (κ1) is 85.4. The van der Waals surface area contributed by atoms with Gasteiger partial charge in [-0.3, -0.25) is 61.1 Å². The number of carbonyl (C=O) groups is 2. The van der Waals surface area contributed by atoms with E-state index in [1.54, 1.807) is 0 Å². The van der Waals surface area contributed by atoms with Gasteiger partial charge in [0.05, 0.1) is 103 Å². The molecule has 4 heterocycles. The fraction of sp³-hybridized carbons (Fsp3) is 0.725. The monoisotopic (exact) mass is 1490 g/mol.